The van der Waals surface area contributed by atoms with Gasteiger partial charge in [-0.3, -0.25) is 24.5 Å². The minimum atomic E-state index is -2.64. The van der Waals surface area contributed by atoms with Crippen LogP contribution in [-0.4, -0.2) is 75.4 Å². The summed E-state index contributed by atoms with van der Waals surface area (Å²) in [6.07, 6.45) is -2.24. The number of primary amides is 1. The monoisotopic (exact) mass is 503 g/mol. The van der Waals surface area contributed by atoms with E-state index < -0.39 is 77.0 Å². The van der Waals surface area contributed by atoms with E-state index in [0.717, 1.165) is 0 Å². The Balaban J connectivity index is 1.76. The van der Waals surface area contributed by atoms with Crippen molar-refractivity contribution in [2.24, 2.45) is 23.5 Å². The smallest absolute Gasteiger partial charge is 0.238 e. The number of nitrogens with two attached hydrogens (primary N) is 1. The molecule has 0 spiro atoms. The second-order valence-electron chi connectivity index (χ2n) is 9.52. The van der Waals surface area contributed by atoms with Gasteiger partial charge in [-0.1, -0.05) is 6.07 Å². The molecule has 12 heteroatoms. The molecule has 2 saturated carbocycles. The van der Waals surface area contributed by atoms with Crippen LogP contribution in [0.1, 0.15) is 30.9 Å². The summed E-state index contributed by atoms with van der Waals surface area (Å²) in [6, 6.07) is 2.94. The van der Waals surface area contributed by atoms with Gasteiger partial charge in [0.1, 0.15) is 17.7 Å². The highest BCUT2D eigenvalue weighted by atomic mass is 16.5. The molecule has 1 aromatic carbocycles. The molecule has 6 unspecified atom stereocenters. The second-order valence-corrected chi connectivity index (χ2v) is 9.52. The summed E-state index contributed by atoms with van der Waals surface area (Å²) in [5, 5.41) is 48.7. The number of benzene rings is 1. The third kappa shape index (κ3) is 3.95. The molecule has 8 N–H and O–H groups in total. The Morgan fingerprint density at radius 2 is 1.94 bits per heavy atom. The van der Waals surface area contributed by atoms with Gasteiger partial charge in [0.2, 0.25) is 17.6 Å². The van der Waals surface area contributed by atoms with Crippen LogP contribution >= 0.6 is 0 Å². The molecule has 194 valence electrons. The first kappa shape index (κ1) is 25.8. The lowest BCUT2D eigenvalue weighted by Gasteiger charge is -2.50. The zero-order chi connectivity index (χ0) is 26.5. The van der Waals surface area contributed by atoms with E-state index >= 15 is 0 Å². The summed E-state index contributed by atoms with van der Waals surface area (Å²) in [6.45, 7) is 1.56. The van der Waals surface area contributed by atoms with E-state index in [1.54, 1.807) is 6.92 Å². The molecule has 2 amide bonds. The van der Waals surface area contributed by atoms with Crippen molar-refractivity contribution in [2.75, 3.05) is 19.0 Å². The summed E-state index contributed by atoms with van der Waals surface area (Å²) in [5.41, 5.74) is 2.79. The van der Waals surface area contributed by atoms with E-state index in [-0.39, 0.29) is 36.2 Å². The number of amides is 2. The van der Waals surface area contributed by atoms with E-state index in [0.29, 0.717) is 5.56 Å². The highest BCUT2D eigenvalue weighted by Crippen LogP contribution is 2.53. The van der Waals surface area contributed by atoms with Crippen molar-refractivity contribution in [1.29, 1.82) is 0 Å². The second kappa shape index (κ2) is 9.28. The number of phenolic OH excluding ortho intramolecular Hbond substituents is 1. The molecule has 0 aliphatic heterocycles. The number of fused-ring (bicyclic) bond motifs is 3. The van der Waals surface area contributed by atoms with Gasteiger partial charge in [-0.15, -0.1) is 0 Å². The third-order valence-electron chi connectivity index (χ3n) is 7.44. The fraction of sp³-hybridized carbons (Fsp3) is 0.500. The molecule has 2 fully saturated rings. The molecule has 0 aromatic heterocycles. The molecule has 3 aliphatic carbocycles. The van der Waals surface area contributed by atoms with E-state index in [2.05, 4.69) is 10.6 Å². The number of carbonyl (C=O) groups is 4. The first-order valence-corrected chi connectivity index (χ1v) is 11.5. The summed E-state index contributed by atoms with van der Waals surface area (Å²) in [4.78, 5) is 51.0. The van der Waals surface area contributed by atoms with Crippen LogP contribution in [0.2, 0.25) is 0 Å². The van der Waals surface area contributed by atoms with Crippen molar-refractivity contribution in [1.82, 2.24) is 5.32 Å². The number of nitrogens with one attached hydrogen (secondary N) is 2. The number of aromatic hydroxyl groups is 1. The predicted octanol–water partition coefficient (Wildman–Crippen LogP) is -0.891. The third-order valence-corrected chi connectivity index (χ3v) is 7.44. The number of phenols is 1. The Hall–Kier alpha value is -3.32. The largest absolute Gasteiger partial charge is 0.507 e. The van der Waals surface area contributed by atoms with Gasteiger partial charge >= 0.3 is 0 Å². The Labute approximate surface area is 206 Å². The molecule has 0 heterocycles. The summed E-state index contributed by atoms with van der Waals surface area (Å²) in [7, 11) is 1.46. The molecule has 36 heavy (non-hydrogen) atoms. The van der Waals surface area contributed by atoms with Crippen molar-refractivity contribution in [3.8, 4) is 5.75 Å². The zero-order valence-corrected chi connectivity index (χ0v) is 19.8. The van der Waals surface area contributed by atoms with Gasteiger partial charge in [-0.25, -0.2) is 0 Å². The average Bonchev–Trinajstić information content (AvgIpc) is 2.81. The molecule has 12 nitrogen and oxygen atoms in total. The SMILES string of the molecule is COC(C)NCC(=O)Nc1ccc2c(c1O)C(O)=C1C(=O)C3(O)C(=O)CC(O)CC3C(C(N)=O)C1C2. The fourth-order valence-corrected chi connectivity index (χ4v) is 5.62. The summed E-state index contributed by atoms with van der Waals surface area (Å²) >= 11 is 0. The van der Waals surface area contributed by atoms with Crippen LogP contribution in [0.4, 0.5) is 5.69 Å². The normalized spacial score (nSPS) is 30.2. The number of aliphatic hydroxyl groups excluding tert-OH is 2. The van der Waals surface area contributed by atoms with Crippen molar-refractivity contribution < 1.29 is 44.3 Å². The van der Waals surface area contributed by atoms with Crippen molar-refractivity contribution in [3.63, 3.8) is 0 Å². The standard InChI is InChI=1S/C24H29N3O9/c1-9(36-2)26-8-16(30)27-14-4-3-10-5-12-18(23(25)34)13-6-11(28)7-15(29)24(13,35)22(33)19(12)21(32)17(10)20(14)31/h3-4,9,11-13,18,26,28,31-32,35H,5-8H2,1-2H3,(H2,25,34)(H,27,30). The van der Waals surface area contributed by atoms with E-state index in [1.165, 1.54) is 19.2 Å². The Bertz CT molecular complexity index is 1180. The number of hydrogen-bond acceptors (Lipinski definition) is 10. The van der Waals surface area contributed by atoms with Crippen LogP contribution in [0.5, 0.6) is 5.75 Å². The van der Waals surface area contributed by atoms with Crippen LogP contribution in [0, 0.1) is 17.8 Å². The quantitative estimate of drug-likeness (QED) is 0.145. The van der Waals surface area contributed by atoms with Crippen LogP contribution in [-0.2, 0) is 30.3 Å². The van der Waals surface area contributed by atoms with Crippen LogP contribution < -0.4 is 16.4 Å². The van der Waals surface area contributed by atoms with Gasteiger partial charge in [0, 0.05) is 30.9 Å². The molecule has 3 aliphatic rings. The number of Topliss-reactive ketones (excluding diaryl/α,β-unsaturated/α-hetero) is 2. The summed E-state index contributed by atoms with van der Waals surface area (Å²) < 4.78 is 5.01. The first-order valence-electron chi connectivity index (χ1n) is 11.5. The van der Waals surface area contributed by atoms with Crippen LogP contribution in [0.3, 0.4) is 0 Å². The molecular weight excluding hydrogens is 474 g/mol. The number of rotatable bonds is 6. The predicted molar refractivity (Wildman–Crippen MR) is 124 cm³/mol. The lowest BCUT2D eigenvalue weighted by Crippen LogP contribution is -2.66. The number of hydrogen-bond donors (Lipinski definition) is 7. The lowest BCUT2D eigenvalue weighted by molar-refractivity contribution is -0.173. The number of carbonyl (C=O) groups excluding carboxylic acids is 4. The van der Waals surface area contributed by atoms with Gasteiger partial charge in [0.05, 0.1) is 29.8 Å². The van der Waals surface area contributed by atoms with Crippen molar-refractivity contribution in [2.45, 2.75) is 44.1 Å². The Morgan fingerprint density at radius 3 is 2.58 bits per heavy atom. The Morgan fingerprint density at radius 1 is 1.25 bits per heavy atom. The van der Waals surface area contributed by atoms with Crippen molar-refractivity contribution >= 4 is 34.8 Å². The van der Waals surface area contributed by atoms with Gasteiger partial charge in [0.25, 0.3) is 0 Å². The van der Waals surface area contributed by atoms with E-state index in [1.807, 2.05) is 0 Å². The maximum Gasteiger partial charge on any atom is 0.238 e. The topological polar surface area (TPSA) is 209 Å². The summed E-state index contributed by atoms with van der Waals surface area (Å²) in [5.74, 6) is -8.14. The molecular formula is C24H29N3O9. The van der Waals surface area contributed by atoms with Gasteiger partial charge in [0.15, 0.2) is 11.4 Å². The molecule has 0 bridgehead atoms. The van der Waals surface area contributed by atoms with E-state index in [9.17, 15) is 39.6 Å². The maximum atomic E-state index is 13.5. The molecule has 1 aromatic rings. The molecule has 0 radical (unpaired) electrons. The Kier molecular flexibility index (Phi) is 6.64. The number of ketones is 2. The average molecular weight is 504 g/mol. The number of ether oxygens (including phenoxy) is 1. The van der Waals surface area contributed by atoms with Crippen LogP contribution in [0.15, 0.2) is 17.7 Å². The first-order chi connectivity index (χ1) is 16.9. The minimum Gasteiger partial charge on any atom is -0.507 e. The van der Waals surface area contributed by atoms with Gasteiger partial charge in [-0.2, -0.15) is 0 Å². The highest BCUT2D eigenvalue weighted by Gasteiger charge is 2.65. The number of aliphatic hydroxyl groups is 3. The number of methoxy groups -OCH3 is 1. The van der Waals surface area contributed by atoms with Gasteiger partial charge in [-0.05, 0) is 31.4 Å². The lowest BCUT2D eigenvalue weighted by atomic mass is 9.53. The van der Waals surface area contributed by atoms with Gasteiger partial charge < -0.3 is 36.2 Å². The van der Waals surface area contributed by atoms with E-state index in [4.69, 9.17) is 10.5 Å². The molecule has 4 rings (SSSR count). The molecule has 0 saturated heterocycles. The highest BCUT2D eigenvalue weighted by molar-refractivity contribution is 6.22. The van der Waals surface area contributed by atoms with Crippen molar-refractivity contribution in [3.05, 3.63) is 28.8 Å². The maximum absolute atomic E-state index is 13.5. The minimum absolute atomic E-state index is 0.0143. The molecule has 6 atom stereocenters. The zero-order valence-electron chi connectivity index (χ0n) is 19.8. The number of anilines is 1. The van der Waals surface area contributed by atoms with Crippen LogP contribution in [0.25, 0.3) is 5.76 Å². The fourth-order valence-electron chi connectivity index (χ4n) is 5.62.